The number of rotatable bonds is 7. The van der Waals surface area contributed by atoms with Gasteiger partial charge in [0.25, 0.3) is 11.5 Å². The second-order valence-corrected chi connectivity index (χ2v) is 7.81. The van der Waals surface area contributed by atoms with Crippen LogP contribution in [0.3, 0.4) is 0 Å². The normalized spacial score (nSPS) is 12.4. The van der Waals surface area contributed by atoms with E-state index < -0.39 is 17.4 Å². The highest BCUT2D eigenvalue weighted by Crippen LogP contribution is 2.38. The first kappa shape index (κ1) is 23.4. The number of ether oxygens (including phenoxy) is 1. The molecule has 1 N–H and O–H groups in total. The average molecular weight is 470 g/mol. The first-order valence-electron chi connectivity index (χ1n) is 10.7. The van der Waals surface area contributed by atoms with Crippen LogP contribution in [0.5, 0.6) is 5.75 Å². The fourth-order valence-corrected chi connectivity index (χ4v) is 4.11. The molecule has 0 fully saturated rings. The van der Waals surface area contributed by atoms with Crippen LogP contribution in [0.1, 0.15) is 51.9 Å². The second-order valence-electron chi connectivity index (χ2n) is 7.81. The molecule has 10 heteroatoms. The van der Waals surface area contributed by atoms with Crippen molar-refractivity contribution in [2.75, 3.05) is 12.4 Å². The molecule has 3 aromatic heterocycles. The summed E-state index contributed by atoms with van der Waals surface area (Å²) in [5, 5.41) is 15.9. The number of hydrogen-bond acceptors (Lipinski definition) is 8. The SMILES string of the molecule is COc1c(C(=O)Nc2cnoc2)nc(C(C)C(c2ccccc2)c2cccnc2C#N)n(C)c1=O. The summed E-state index contributed by atoms with van der Waals surface area (Å²) in [5.41, 5.74) is 1.50. The van der Waals surface area contributed by atoms with Crippen molar-refractivity contribution >= 4 is 11.6 Å². The van der Waals surface area contributed by atoms with Gasteiger partial charge in [0, 0.05) is 25.1 Å². The van der Waals surface area contributed by atoms with Crippen molar-refractivity contribution in [2.45, 2.75) is 18.8 Å². The number of aromatic nitrogens is 4. The Bertz CT molecular complexity index is 1440. The summed E-state index contributed by atoms with van der Waals surface area (Å²) in [6.07, 6.45) is 4.14. The number of benzene rings is 1. The quantitative estimate of drug-likeness (QED) is 0.435. The lowest BCUT2D eigenvalue weighted by atomic mass is 9.80. The second kappa shape index (κ2) is 10.0. The minimum absolute atomic E-state index is 0.169. The van der Waals surface area contributed by atoms with Crippen molar-refractivity contribution in [3.8, 4) is 11.8 Å². The van der Waals surface area contributed by atoms with Crippen molar-refractivity contribution in [3.63, 3.8) is 0 Å². The number of nitrogens with one attached hydrogen (secondary N) is 1. The van der Waals surface area contributed by atoms with Gasteiger partial charge in [-0.1, -0.05) is 48.5 Å². The van der Waals surface area contributed by atoms with Gasteiger partial charge in [-0.15, -0.1) is 0 Å². The minimum Gasteiger partial charge on any atom is -0.489 e. The van der Waals surface area contributed by atoms with Crippen LogP contribution in [-0.2, 0) is 7.05 Å². The maximum atomic E-state index is 13.2. The van der Waals surface area contributed by atoms with E-state index in [1.807, 2.05) is 43.3 Å². The average Bonchev–Trinajstić information content (AvgIpc) is 3.39. The molecule has 10 nitrogen and oxygen atoms in total. The van der Waals surface area contributed by atoms with Crippen LogP contribution < -0.4 is 15.6 Å². The number of amides is 1. The lowest BCUT2D eigenvalue weighted by Gasteiger charge is -2.27. The fourth-order valence-electron chi connectivity index (χ4n) is 4.11. The summed E-state index contributed by atoms with van der Waals surface area (Å²) in [6, 6.07) is 15.3. The molecule has 0 bridgehead atoms. The van der Waals surface area contributed by atoms with E-state index in [-0.39, 0.29) is 23.1 Å². The van der Waals surface area contributed by atoms with E-state index in [1.54, 1.807) is 19.3 Å². The van der Waals surface area contributed by atoms with Gasteiger partial charge in [0.2, 0.25) is 5.75 Å². The van der Waals surface area contributed by atoms with Gasteiger partial charge in [-0.25, -0.2) is 9.97 Å². The Labute approximate surface area is 200 Å². The van der Waals surface area contributed by atoms with E-state index in [1.165, 1.54) is 24.1 Å². The molecule has 0 spiro atoms. The predicted octanol–water partition coefficient (Wildman–Crippen LogP) is 3.23. The standard InChI is InChI=1S/C25H22N6O4/c1-15(20(16-8-5-4-6-9-16)18-10-7-11-27-19(18)12-26)23-30-21(22(34-3)25(33)31(23)2)24(32)29-17-13-28-35-14-17/h4-11,13-15,20H,1-3H3,(H,29,32). The van der Waals surface area contributed by atoms with Crippen LogP contribution in [0.15, 0.2) is 70.4 Å². The highest BCUT2D eigenvalue weighted by Gasteiger charge is 2.31. The Hall–Kier alpha value is -4.78. The zero-order valence-electron chi connectivity index (χ0n) is 19.3. The first-order chi connectivity index (χ1) is 17.0. The summed E-state index contributed by atoms with van der Waals surface area (Å²) in [7, 11) is 2.88. The summed E-state index contributed by atoms with van der Waals surface area (Å²) in [5.74, 6) is -1.30. The number of pyridine rings is 1. The molecule has 176 valence electrons. The Balaban J connectivity index is 1.88. The van der Waals surface area contributed by atoms with Crippen LogP contribution in [0, 0.1) is 11.3 Å². The monoisotopic (exact) mass is 470 g/mol. The maximum absolute atomic E-state index is 13.2. The van der Waals surface area contributed by atoms with Crippen molar-refractivity contribution in [1.82, 2.24) is 19.7 Å². The van der Waals surface area contributed by atoms with Crippen molar-refractivity contribution < 1.29 is 14.1 Å². The van der Waals surface area contributed by atoms with Crippen LogP contribution in [0.25, 0.3) is 0 Å². The summed E-state index contributed by atoms with van der Waals surface area (Å²) in [4.78, 5) is 35.0. The van der Waals surface area contributed by atoms with Crippen LogP contribution in [-0.4, -0.2) is 32.7 Å². The molecule has 4 rings (SSSR count). The zero-order valence-corrected chi connectivity index (χ0v) is 19.3. The summed E-state index contributed by atoms with van der Waals surface area (Å²) < 4.78 is 11.4. The van der Waals surface area contributed by atoms with Crippen LogP contribution in [0.2, 0.25) is 0 Å². The first-order valence-corrected chi connectivity index (χ1v) is 10.7. The molecule has 0 aliphatic carbocycles. The molecule has 3 heterocycles. The third-order valence-corrected chi connectivity index (χ3v) is 5.74. The number of anilines is 1. The summed E-state index contributed by atoms with van der Waals surface area (Å²) in [6.45, 7) is 1.89. The van der Waals surface area contributed by atoms with Gasteiger partial charge in [0.05, 0.1) is 13.3 Å². The molecule has 2 atom stereocenters. The van der Waals surface area contributed by atoms with Gasteiger partial charge < -0.3 is 14.6 Å². The third kappa shape index (κ3) is 4.52. The van der Waals surface area contributed by atoms with Crippen LogP contribution >= 0.6 is 0 Å². The van der Waals surface area contributed by atoms with Gasteiger partial charge in [-0.3, -0.25) is 14.2 Å². The van der Waals surface area contributed by atoms with Gasteiger partial charge in [0.1, 0.15) is 29.5 Å². The molecule has 0 saturated heterocycles. The largest absolute Gasteiger partial charge is 0.489 e. The number of carbonyl (C=O) groups excluding carboxylic acids is 1. The third-order valence-electron chi connectivity index (χ3n) is 5.74. The Morgan fingerprint density at radius 2 is 2.00 bits per heavy atom. The lowest BCUT2D eigenvalue weighted by Crippen LogP contribution is -2.31. The highest BCUT2D eigenvalue weighted by molar-refractivity contribution is 6.04. The molecule has 0 saturated carbocycles. The molecule has 1 aromatic carbocycles. The van der Waals surface area contributed by atoms with E-state index >= 15 is 0 Å². The number of methoxy groups -OCH3 is 1. The van der Waals surface area contributed by atoms with E-state index in [9.17, 15) is 14.9 Å². The van der Waals surface area contributed by atoms with Gasteiger partial charge >= 0.3 is 0 Å². The van der Waals surface area contributed by atoms with E-state index in [2.05, 4.69) is 26.5 Å². The highest BCUT2D eigenvalue weighted by atomic mass is 16.5. The molecule has 35 heavy (non-hydrogen) atoms. The number of nitriles is 1. The number of carbonyl (C=O) groups is 1. The molecule has 0 radical (unpaired) electrons. The smallest absolute Gasteiger partial charge is 0.296 e. The lowest BCUT2D eigenvalue weighted by molar-refractivity contribution is 0.101. The van der Waals surface area contributed by atoms with Crippen molar-refractivity contribution in [1.29, 1.82) is 5.26 Å². The Morgan fingerprint density at radius 3 is 2.66 bits per heavy atom. The van der Waals surface area contributed by atoms with Crippen LogP contribution in [0.4, 0.5) is 5.69 Å². The van der Waals surface area contributed by atoms with Gasteiger partial charge in [0.15, 0.2) is 5.69 Å². The predicted molar refractivity (Wildman–Crippen MR) is 126 cm³/mol. The number of nitrogens with zero attached hydrogens (tertiary/aromatic N) is 5. The molecule has 4 aromatic rings. The molecular weight excluding hydrogens is 448 g/mol. The minimum atomic E-state index is -0.647. The maximum Gasteiger partial charge on any atom is 0.296 e. The fraction of sp³-hybridized carbons (Fsp3) is 0.200. The molecule has 0 aliphatic rings. The molecule has 0 aliphatic heterocycles. The van der Waals surface area contributed by atoms with E-state index in [4.69, 9.17) is 9.26 Å². The van der Waals surface area contributed by atoms with Gasteiger partial charge in [-0.2, -0.15) is 5.26 Å². The van der Waals surface area contributed by atoms with Crippen molar-refractivity contribution in [3.05, 3.63) is 99.8 Å². The van der Waals surface area contributed by atoms with Crippen molar-refractivity contribution in [2.24, 2.45) is 7.05 Å². The number of hydrogen-bond donors (Lipinski definition) is 1. The van der Waals surface area contributed by atoms with E-state index in [0.717, 1.165) is 5.56 Å². The van der Waals surface area contributed by atoms with E-state index in [0.29, 0.717) is 17.1 Å². The molecule has 1 amide bonds. The van der Waals surface area contributed by atoms with Gasteiger partial charge in [-0.05, 0) is 17.2 Å². The topological polar surface area (TPSA) is 136 Å². The molecule has 2 unspecified atom stereocenters. The molecular formula is C25H22N6O4. The Morgan fingerprint density at radius 1 is 1.23 bits per heavy atom. The summed E-state index contributed by atoms with van der Waals surface area (Å²) >= 11 is 0. The Kier molecular flexibility index (Phi) is 6.69. The zero-order chi connectivity index (χ0) is 24.9.